The Bertz CT molecular complexity index is 190. The van der Waals surface area contributed by atoms with Crippen LogP contribution in [0.2, 0.25) is 0 Å². The van der Waals surface area contributed by atoms with E-state index in [0.717, 1.165) is 0 Å². The van der Waals surface area contributed by atoms with Crippen LogP contribution in [0.4, 0.5) is 26.7 Å². The second-order valence-electron chi connectivity index (χ2n) is 1.95. The van der Waals surface area contributed by atoms with Gasteiger partial charge in [0.1, 0.15) is 0 Å². The number of nitrogens with one attached hydrogen (secondary N) is 2. The summed E-state index contributed by atoms with van der Waals surface area (Å²) in [6.07, 6.45) is -5.80. The molecule has 0 aliphatic heterocycles. The molecule has 2 N–H and O–H groups in total. The zero-order valence-electron chi connectivity index (χ0n) is 6.21. The Kier molecular flexibility index (Phi) is 3.44. The fourth-order valence-corrected chi connectivity index (χ4v) is 0.371. The van der Waals surface area contributed by atoms with Gasteiger partial charge in [0.2, 0.25) is 0 Å². The van der Waals surface area contributed by atoms with Gasteiger partial charge in [-0.25, -0.2) is 4.79 Å². The maximum Gasteiger partial charge on any atom is 0.475 e. The first-order chi connectivity index (χ1) is 5.70. The van der Waals surface area contributed by atoms with Crippen LogP contribution in [-0.2, 0) is 0 Å². The van der Waals surface area contributed by atoms with Gasteiger partial charge in [0.05, 0.1) is 0 Å². The molecule has 0 bridgehead atoms. The summed E-state index contributed by atoms with van der Waals surface area (Å²) in [4.78, 5) is 10.3. The normalized spacial score (nSPS) is 12.5. The Morgan fingerprint density at radius 1 is 1.23 bits per heavy atom. The van der Waals surface area contributed by atoms with Crippen molar-refractivity contribution in [3.05, 3.63) is 6.92 Å². The molecule has 0 saturated carbocycles. The lowest BCUT2D eigenvalue weighted by atomic mass is 10.5. The molecule has 1 radical (unpaired) electrons. The van der Waals surface area contributed by atoms with Crippen LogP contribution >= 0.6 is 0 Å². The lowest BCUT2D eigenvalue weighted by molar-refractivity contribution is -0.289. The molecule has 0 aromatic carbocycles. The highest BCUT2D eigenvalue weighted by molar-refractivity contribution is 5.74. The van der Waals surface area contributed by atoms with Gasteiger partial charge in [0.15, 0.2) is 0 Å². The average molecular weight is 205 g/mol. The molecule has 0 aliphatic carbocycles. The van der Waals surface area contributed by atoms with Crippen molar-refractivity contribution in [2.24, 2.45) is 0 Å². The van der Waals surface area contributed by atoms with Crippen molar-refractivity contribution in [3.8, 4) is 0 Å². The van der Waals surface area contributed by atoms with Gasteiger partial charge in [-0.3, -0.25) is 5.32 Å². The summed E-state index contributed by atoms with van der Waals surface area (Å²) in [5.74, 6) is 0. The SMILES string of the molecule is [CH2]CNC(=O)NC(F)(F)C(F)(F)F. The van der Waals surface area contributed by atoms with Crippen LogP contribution in [0.25, 0.3) is 0 Å². The standard InChI is InChI=1S/C5H6F5N2O/c1-2-11-3(13)12-5(9,10)4(6,7)8/h1-2H2,(H2,11,12,13). The first-order valence-electron chi connectivity index (χ1n) is 3.00. The van der Waals surface area contributed by atoms with E-state index in [2.05, 4.69) is 6.92 Å². The zero-order valence-corrected chi connectivity index (χ0v) is 6.21. The highest BCUT2D eigenvalue weighted by Crippen LogP contribution is 2.32. The molecule has 0 aliphatic rings. The van der Waals surface area contributed by atoms with E-state index in [1.165, 1.54) is 0 Å². The topological polar surface area (TPSA) is 41.1 Å². The summed E-state index contributed by atoms with van der Waals surface area (Å²) in [6, 6.07) is -6.86. The molecule has 2 amide bonds. The quantitative estimate of drug-likeness (QED) is 0.517. The van der Waals surface area contributed by atoms with Crippen LogP contribution in [0.5, 0.6) is 0 Å². The van der Waals surface area contributed by atoms with Gasteiger partial charge in [-0.15, -0.1) is 0 Å². The molecular formula is C5H6F5N2O. The maximum atomic E-state index is 12.0. The zero-order chi connectivity index (χ0) is 10.7. The molecule has 0 aromatic rings. The Morgan fingerprint density at radius 3 is 2.00 bits per heavy atom. The number of halogens is 5. The second kappa shape index (κ2) is 3.75. The molecule has 0 unspecified atom stereocenters. The average Bonchev–Trinajstić information content (AvgIpc) is 1.83. The monoisotopic (exact) mass is 205 g/mol. The van der Waals surface area contributed by atoms with Crippen molar-refractivity contribution in [3.63, 3.8) is 0 Å². The largest absolute Gasteiger partial charge is 0.475 e. The van der Waals surface area contributed by atoms with E-state index in [0.29, 0.717) is 5.32 Å². The number of hydrogen-bond donors (Lipinski definition) is 2. The minimum Gasteiger partial charge on any atom is -0.338 e. The lowest BCUT2D eigenvalue weighted by Gasteiger charge is -2.20. The Balaban J connectivity index is 4.26. The van der Waals surface area contributed by atoms with Crippen LogP contribution < -0.4 is 10.6 Å². The van der Waals surface area contributed by atoms with E-state index in [4.69, 9.17) is 0 Å². The molecular weight excluding hydrogens is 199 g/mol. The predicted octanol–water partition coefficient (Wildman–Crippen LogP) is 1.27. The van der Waals surface area contributed by atoms with E-state index in [9.17, 15) is 26.7 Å². The molecule has 0 fully saturated rings. The van der Waals surface area contributed by atoms with Crippen molar-refractivity contribution in [1.29, 1.82) is 0 Å². The summed E-state index contributed by atoms with van der Waals surface area (Å²) >= 11 is 0. The summed E-state index contributed by atoms with van der Waals surface area (Å²) in [7, 11) is 0. The summed E-state index contributed by atoms with van der Waals surface area (Å²) in [6.45, 7) is 2.73. The van der Waals surface area contributed by atoms with Crippen molar-refractivity contribution >= 4 is 6.03 Å². The molecule has 13 heavy (non-hydrogen) atoms. The number of rotatable bonds is 2. The lowest BCUT2D eigenvalue weighted by Crippen LogP contribution is -2.54. The maximum absolute atomic E-state index is 12.0. The number of carbonyl (C=O) groups excluding carboxylic acids is 1. The Hall–Kier alpha value is -1.08. The van der Waals surface area contributed by atoms with Gasteiger partial charge in [-0.05, 0) is 6.92 Å². The molecule has 77 valence electrons. The van der Waals surface area contributed by atoms with Gasteiger partial charge in [0, 0.05) is 6.54 Å². The first kappa shape index (κ1) is 11.9. The number of alkyl halides is 5. The molecule has 3 nitrogen and oxygen atoms in total. The summed E-state index contributed by atoms with van der Waals surface area (Å²) < 4.78 is 58.3. The number of carbonyl (C=O) groups is 1. The molecule has 0 heterocycles. The second-order valence-corrected chi connectivity index (χ2v) is 1.95. The van der Waals surface area contributed by atoms with E-state index in [-0.39, 0.29) is 6.54 Å². The van der Waals surface area contributed by atoms with Crippen molar-refractivity contribution in [1.82, 2.24) is 10.6 Å². The van der Waals surface area contributed by atoms with Crippen molar-refractivity contribution in [2.75, 3.05) is 6.54 Å². The van der Waals surface area contributed by atoms with E-state index >= 15 is 0 Å². The number of amides is 2. The molecule has 8 heteroatoms. The third-order valence-electron chi connectivity index (χ3n) is 0.912. The molecule has 0 atom stereocenters. The van der Waals surface area contributed by atoms with E-state index < -0.39 is 18.3 Å². The third-order valence-corrected chi connectivity index (χ3v) is 0.912. The summed E-state index contributed by atoms with van der Waals surface area (Å²) in [5, 5.41) is 2.08. The molecule has 0 saturated heterocycles. The smallest absolute Gasteiger partial charge is 0.338 e. The molecule has 0 rings (SSSR count). The minimum absolute atomic E-state index is 0.292. The van der Waals surface area contributed by atoms with E-state index in [1.54, 1.807) is 5.32 Å². The third kappa shape index (κ3) is 3.43. The first-order valence-corrected chi connectivity index (χ1v) is 3.00. The van der Waals surface area contributed by atoms with Crippen LogP contribution in [0.1, 0.15) is 0 Å². The number of hydrogen-bond acceptors (Lipinski definition) is 1. The van der Waals surface area contributed by atoms with Crippen molar-refractivity contribution in [2.45, 2.75) is 12.2 Å². The highest BCUT2D eigenvalue weighted by Gasteiger charge is 2.58. The van der Waals surface area contributed by atoms with Gasteiger partial charge in [-0.2, -0.15) is 22.0 Å². The molecule has 0 aromatic heterocycles. The Morgan fingerprint density at radius 2 is 1.69 bits per heavy atom. The van der Waals surface area contributed by atoms with E-state index in [1.807, 2.05) is 0 Å². The van der Waals surface area contributed by atoms with Gasteiger partial charge in [0.25, 0.3) is 0 Å². The predicted molar refractivity (Wildman–Crippen MR) is 32.9 cm³/mol. The number of urea groups is 1. The minimum atomic E-state index is -5.80. The summed E-state index contributed by atoms with van der Waals surface area (Å²) in [5.41, 5.74) is 0. The van der Waals surface area contributed by atoms with Crippen LogP contribution in [0.15, 0.2) is 0 Å². The van der Waals surface area contributed by atoms with Crippen LogP contribution in [-0.4, -0.2) is 24.8 Å². The van der Waals surface area contributed by atoms with Crippen LogP contribution in [0, 0.1) is 6.92 Å². The van der Waals surface area contributed by atoms with Gasteiger partial charge in [-0.1, -0.05) is 0 Å². The highest BCUT2D eigenvalue weighted by atomic mass is 19.4. The fourth-order valence-electron chi connectivity index (χ4n) is 0.371. The van der Waals surface area contributed by atoms with Gasteiger partial charge >= 0.3 is 18.3 Å². The Labute approximate surface area is 70.3 Å². The fraction of sp³-hybridized carbons (Fsp3) is 0.600. The molecule has 0 spiro atoms. The van der Waals surface area contributed by atoms with Crippen molar-refractivity contribution < 1.29 is 26.7 Å². The van der Waals surface area contributed by atoms with Gasteiger partial charge < -0.3 is 5.32 Å². The van der Waals surface area contributed by atoms with Crippen LogP contribution in [0.3, 0.4) is 0 Å².